The summed E-state index contributed by atoms with van der Waals surface area (Å²) in [5.41, 5.74) is 0.522. The lowest BCUT2D eigenvalue weighted by molar-refractivity contribution is 0.167. The molecule has 0 aromatic rings. The van der Waals surface area contributed by atoms with Gasteiger partial charge >= 0.3 is 0 Å². The van der Waals surface area contributed by atoms with E-state index in [0.717, 1.165) is 0 Å². The molecule has 1 rings (SSSR count). The van der Waals surface area contributed by atoms with Crippen LogP contribution in [0, 0.1) is 5.41 Å². The van der Waals surface area contributed by atoms with E-state index in [1.165, 1.54) is 26.1 Å². The minimum absolute atomic E-state index is 0.522. The molecule has 1 fully saturated rings. The van der Waals surface area contributed by atoms with Gasteiger partial charge in [-0.2, -0.15) is 0 Å². The van der Waals surface area contributed by atoms with Gasteiger partial charge in [0.1, 0.15) is 0 Å². The average Bonchev–Trinajstić information content (AvgIpc) is 2.49. The molecule has 1 aliphatic rings. The predicted molar refractivity (Wildman–Crippen MR) is 69.3 cm³/mol. The van der Waals surface area contributed by atoms with Crippen LogP contribution in [0.1, 0.15) is 41.0 Å². The maximum atomic E-state index is 2.46. The molecule has 15 heavy (non-hydrogen) atoms. The number of likely N-dealkylation sites (tertiary alicyclic amines) is 1. The number of rotatable bonds is 3. The lowest BCUT2D eigenvalue weighted by atomic mass is 9.89. The molecule has 1 heterocycles. The van der Waals surface area contributed by atoms with E-state index in [1.807, 2.05) is 13.8 Å². The van der Waals surface area contributed by atoms with Gasteiger partial charge in [0.2, 0.25) is 0 Å². The minimum atomic E-state index is 0.522. The Hall–Kier alpha value is -0.0800. The molecule has 1 aliphatic heterocycles. The summed E-state index contributed by atoms with van der Waals surface area (Å²) in [6, 6.07) is 0.669. The van der Waals surface area contributed by atoms with Crippen LogP contribution in [0.15, 0.2) is 0 Å². The van der Waals surface area contributed by atoms with Crippen molar-refractivity contribution in [3.05, 3.63) is 0 Å². The first-order chi connectivity index (χ1) is 6.93. The number of hydrogen-bond donors (Lipinski definition) is 0. The first-order valence-electron chi connectivity index (χ1n) is 6.32. The molecule has 0 spiro atoms. The van der Waals surface area contributed by atoms with Gasteiger partial charge < -0.3 is 9.80 Å². The highest BCUT2D eigenvalue weighted by Crippen LogP contribution is 2.29. The van der Waals surface area contributed by atoms with Crippen LogP contribution in [0.5, 0.6) is 0 Å². The van der Waals surface area contributed by atoms with E-state index in [0.29, 0.717) is 11.5 Å². The molecular formula is C13H30N2. The second-order valence-electron chi connectivity index (χ2n) is 5.31. The fraction of sp³-hybridized carbons (Fsp3) is 1.00. The Morgan fingerprint density at radius 1 is 1.33 bits per heavy atom. The van der Waals surface area contributed by atoms with Crippen molar-refractivity contribution in [1.82, 2.24) is 9.80 Å². The zero-order valence-corrected chi connectivity index (χ0v) is 11.8. The first-order valence-corrected chi connectivity index (χ1v) is 6.32. The van der Waals surface area contributed by atoms with Crippen molar-refractivity contribution in [2.24, 2.45) is 5.41 Å². The van der Waals surface area contributed by atoms with Crippen LogP contribution in [0.25, 0.3) is 0 Å². The van der Waals surface area contributed by atoms with Crippen molar-refractivity contribution in [2.45, 2.75) is 47.1 Å². The molecule has 0 aromatic carbocycles. The van der Waals surface area contributed by atoms with Crippen molar-refractivity contribution in [3.8, 4) is 0 Å². The smallest absolute Gasteiger partial charge is 0.00477 e. The van der Waals surface area contributed by atoms with Crippen LogP contribution >= 0.6 is 0 Å². The molecular weight excluding hydrogens is 184 g/mol. The zero-order chi connectivity index (χ0) is 12.1. The molecule has 1 atom stereocenters. The molecule has 92 valence electrons. The fourth-order valence-electron chi connectivity index (χ4n) is 2.18. The summed E-state index contributed by atoms with van der Waals surface area (Å²) in [7, 11) is 4.45. The van der Waals surface area contributed by atoms with Crippen molar-refractivity contribution in [2.75, 3.05) is 33.7 Å². The molecule has 0 aromatic heterocycles. The summed E-state index contributed by atoms with van der Waals surface area (Å²) in [5.74, 6) is 0. The SMILES string of the molecule is CC.CC(C)N(C)CC1(C)CCN(C)C1. The van der Waals surface area contributed by atoms with Gasteiger partial charge in [0.15, 0.2) is 0 Å². The third-order valence-electron chi connectivity index (χ3n) is 3.26. The quantitative estimate of drug-likeness (QED) is 0.713. The monoisotopic (exact) mass is 214 g/mol. The first kappa shape index (κ1) is 14.9. The summed E-state index contributed by atoms with van der Waals surface area (Å²) in [6.45, 7) is 14.7. The highest BCUT2D eigenvalue weighted by atomic mass is 15.2. The molecule has 2 nitrogen and oxygen atoms in total. The van der Waals surface area contributed by atoms with E-state index in [-0.39, 0.29) is 0 Å². The van der Waals surface area contributed by atoms with Gasteiger partial charge in [-0.25, -0.2) is 0 Å². The molecule has 0 aliphatic carbocycles. The minimum Gasteiger partial charge on any atom is -0.306 e. The van der Waals surface area contributed by atoms with Crippen LogP contribution in [0.3, 0.4) is 0 Å². The fourth-order valence-corrected chi connectivity index (χ4v) is 2.18. The normalized spacial score (nSPS) is 27.0. The van der Waals surface area contributed by atoms with E-state index in [2.05, 4.69) is 44.7 Å². The van der Waals surface area contributed by atoms with Gasteiger partial charge in [-0.3, -0.25) is 0 Å². The van der Waals surface area contributed by atoms with Crippen LogP contribution < -0.4 is 0 Å². The molecule has 0 N–H and O–H groups in total. The molecule has 0 bridgehead atoms. The van der Waals surface area contributed by atoms with Crippen LogP contribution in [-0.4, -0.2) is 49.6 Å². The van der Waals surface area contributed by atoms with Crippen molar-refractivity contribution in [1.29, 1.82) is 0 Å². The third-order valence-corrected chi connectivity index (χ3v) is 3.26. The molecule has 0 amide bonds. The van der Waals surface area contributed by atoms with E-state index in [4.69, 9.17) is 0 Å². The third kappa shape index (κ3) is 4.98. The molecule has 0 radical (unpaired) electrons. The Kier molecular flexibility index (Phi) is 6.46. The second-order valence-corrected chi connectivity index (χ2v) is 5.31. The highest BCUT2D eigenvalue weighted by Gasteiger charge is 2.33. The van der Waals surface area contributed by atoms with E-state index < -0.39 is 0 Å². The standard InChI is InChI=1S/C11H24N2.C2H6/c1-10(2)13(5)9-11(3)6-7-12(4)8-11;1-2/h10H,6-9H2,1-5H3;1-2H3. The Morgan fingerprint density at radius 3 is 2.20 bits per heavy atom. The summed E-state index contributed by atoms with van der Waals surface area (Å²) < 4.78 is 0. The number of hydrogen-bond acceptors (Lipinski definition) is 2. The Bertz CT molecular complexity index is 168. The van der Waals surface area contributed by atoms with E-state index in [1.54, 1.807) is 0 Å². The lowest BCUT2D eigenvalue weighted by Gasteiger charge is -2.32. The van der Waals surface area contributed by atoms with E-state index in [9.17, 15) is 0 Å². The van der Waals surface area contributed by atoms with Gasteiger partial charge in [-0.05, 0) is 46.3 Å². The second kappa shape index (κ2) is 6.49. The average molecular weight is 214 g/mol. The Morgan fingerprint density at radius 2 is 1.87 bits per heavy atom. The zero-order valence-electron chi connectivity index (χ0n) is 11.8. The van der Waals surface area contributed by atoms with Gasteiger partial charge in [0.05, 0.1) is 0 Å². The topological polar surface area (TPSA) is 6.48 Å². The van der Waals surface area contributed by atoms with E-state index >= 15 is 0 Å². The maximum absolute atomic E-state index is 2.46. The van der Waals surface area contributed by atoms with Crippen molar-refractivity contribution in [3.63, 3.8) is 0 Å². The molecule has 1 saturated heterocycles. The Balaban J connectivity index is 0.000000921. The molecule has 1 unspecified atom stereocenters. The Labute approximate surface area is 96.6 Å². The highest BCUT2D eigenvalue weighted by molar-refractivity contribution is 4.87. The van der Waals surface area contributed by atoms with Gasteiger partial charge in [0, 0.05) is 19.1 Å². The van der Waals surface area contributed by atoms with Crippen LogP contribution in [-0.2, 0) is 0 Å². The van der Waals surface area contributed by atoms with Crippen LogP contribution in [0.2, 0.25) is 0 Å². The summed E-state index contributed by atoms with van der Waals surface area (Å²) in [4.78, 5) is 4.90. The van der Waals surface area contributed by atoms with Gasteiger partial charge in [-0.15, -0.1) is 0 Å². The van der Waals surface area contributed by atoms with Crippen molar-refractivity contribution < 1.29 is 0 Å². The largest absolute Gasteiger partial charge is 0.306 e. The van der Waals surface area contributed by atoms with Gasteiger partial charge in [0.25, 0.3) is 0 Å². The maximum Gasteiger partial charge on any atom is 0.00477 e. The van der Waals surface area contributed by atoms with Crippen LogP contribution in [0.4, 0.5) is 0 Å². The van der Waals surface area contributed by atoms with Gasteiger partial charge in [-0.1, -0.05) is 20.8 Å². The molecule has 2 heteroatoms. The lowest BCUT2D eigenvalue weighted by Crippen LogP contribution is -2.38. The van der Waals surface area contributed by atoms with Crippen molar-refractivity contribution >= 4 is 0 Å². The summed E-state index contributed by atoms with van der Waals surface area (Å²) in [5, 5.41) is 0. The summed E-state index contributed by atoms with van der Waals surface area (Å²) in [6.07, 6.45) is 1.35. The number of nitrogens with zero attached hydrogens (tertiary/aromatic N) is 2. The summed E-state index contributed by atoms with van der Waals surface area (Å²) >= 11 is 0. The molecule has 0 saturated carbocycles. The predicted octanol–water partition coefficient (Wildman–Crippen LogP) is 2.69.